The largest absolute Gasteiger partial charge is 0.411 e. The smallest absolute Gasteiger partial charge is 0.184 e. The van der Waals surface area contributed by atoms with E-state index in [0.717, 1.165) is 25.7 Å². The van der Waals surface area contributed by atoms with Crippen molar-refractivity contribution in [2.24, 2.45) is 0 Å². The van der Waals surface area contributed by atoms with Crippen molar-refractivity contribution >= 4 is 8.32 Å². The van der Waals surface area contributed by atoms with Crippen LogP contribution in [0, 0.1) is 11.3 Å². The molecular weight excluding hydrogens is 226 g/mol. The lowest BCUT2D eigenvalue weighted by Gasteiger charge is -2.38. The van der Waals surface area contributed by atoms with Crippen LogP contribution in [0.4, 0.5) is 0 Å². The van der Waals surface area contributed by atoms with Gasteiger partial charge >= 0.3 is 0 Å². The third-order valence-electron chi connectivity index (χ3n) is 2.90. The van der Waals surface area contributed by atoms with Gasteiger partial charge < -0.3 is 4.43 Å². The molecule has 0 aliphatic heterocycles. The Balaban J connectivity index is 4.75. The van der Waals surface area contributed by atoms with Gasteiger partial charge in [0.25, 0.3) is 0 Å². The van der Waals surface area contributed by atoms with Gasteiger partial charge in [0.2, 0.25) is 0 Å². The second-order valence-electron chi connectivity index (χ2n) is 5.94. The molecule has 0 aromatic rings. The van der Waals surface area contributed by atoms with Gasteiger partial charge in [0.05, 0.1) is 18.1 Å². The van der Waals surface area contributed by atoms with E-state index in [4.69, 9.17) is 9.69 Å². The van der Waals surface area contributed by atoms with Crippen molar-refractivity contribution in [1.82, 2.24) is 0 Å². The highest BCUT2D eigenvalue weighted by Gasteiger charge is 2.34. The van der Waals surface area contributed by atoms with Crippen molar-refractivity contribution in [2.45, 2.75) is 84.0 Å². The second-order valence-corrected chi connectivity index (χ2v) is 10.4. The topological polar surface area (TPSA) is 33.0 Å². The molecule has 0 fully saturated rings. The predicted octanol–water partition coefficient (Wildman–Crippen LogP) is 4.87. The van der Waals surface area contributed by atoms with Crippen molar-refractivity contribution in [1.29, 1.82) is 5.26 Å². The van der Waals surface area contributed by atoms with Crippen LogP contribution in [0.5, 0.6) is 0 Å². The molecule has 0 rings (SSSR count). The zero-order chi connectivity index (χ0) is 13.4. The minimum Gasteiger partial charge on any atom is -0.411 e. The normalized spacial score (nSPS) is 12.5. The summed E-state index contributed by atoms with van der Waals surface area (Å²) in [6.45, 7) is 11.1. The Morgan fingerprint density at radius 2 is 1.53 bits per heavy atom. The van der Waals surface area contributed by atoms with Crippen LogP contribution in [0.2, 0.25) is 19.6 Å². The summed E-state index contributed by atoms with van der Waals surface area (Å²) < 4.78 is 6.39. The van der Waals surface area contributed by atoms with E-state index in [0.29, 0.717) is 6.42 Å². The van der Waals surface area contributed by atoms with E-state index < -0.39 is 8.32 Å². The summed E-state index contributed by atoms with van der Waals surface area (Å²) in [5.41, 5.74) is -0.161. The molecule has 100 valence electrons. The van der Waals surface area contributed by atoms with Crippen LogP contribution in [-0.2, 0) is 4.43 Å². The standard InChI is InChI=1S/C14H29NOSi/c1-6-8-10-14(12-13-15,11-9-7-2)16-17(3,4)5/h6-12H2,1-5H3. The molecule has 0 aromatic carbocycles. The Labute approximate surface area is 108 Å². The maximum absolute atomic E-state index is 9.08. The van der Waals surface area contributed by atoms with Gasteiger partial charge in [-0.05, 0) is 32.5 Å². The van der Waals surface area contributed by atoms with Crippen LogP contribution in [0.15, 0.2) is 0 Å². The van der Waals surface area contributed by atoms with Gasteiger partial charge in [-0.25, -0.2) is 0 Å². The van der Waals surface area contributed by atoms with Crippen LogP contribution < -0.4 is 0 Å². The number of rotatable bonds is 9. The van der Waals surface area contributed by atoms with Gasteiger partial charge in [0, 0.05) is 0 Å². The molecule has 0 bridgehead atoms. The van der Waals surface area contributed by atoms with Crippen LogP contribution >= 0.6 is 0 Å². The molecule has 0 amide bonds. The van der Waals surface area contributed by atoms with Gasteiger partial charge in [-0.15, -0.1) is 0 Å². The number of hydrogen-bond donors (Lipinski definition) is 0. The molecule has 0 atom stereocenters. The minimum atomic E-state index is -1.58. The molecular formula is C14H29NOSi. The minimum absolute atomic E-state index is 0.161. The fourth-order valence-electron chi connectivity index (χ4n) is 2.23. The molecule has 0 spiro atoms. The molecule has 0 N–H and O–H groups in total. The summed E-state index contributed by atoms with van der Waals surface area (Å²) in [5, 5.41) is 9.08. The van der Waals surface area contributed by atoms with Gasteiger partial charge in [0.1, 0.15) is 0 Å². The average molecular weight is 255 g/mol. The first-order valence-electron chi connectivity index (χ1n) is 6.96. The quantitative estimate of drug-likeness (QED) is 0.551. The Bertz CT molecular complexity index is 232. The lowest BCUT2D eigenvalue weighted by molar-refractivity contribution is 0.0423. The van der Waals surface area contributed by atoms with E-state index in [1.807, 2.05) is 0 Å². The molecule has 0 unspecified atom stereocenters. The molecule has 0 aromatic heterocycles. The SMILES string of the molecule is CCCCC(CC#N)(CCCC)O[Si](C)(C)C. The monoisotopic (exact) mass is 255 g/mol. The van der Waals surface area contributed by atoms with E-state index in [1.165, 1.54) is 12.8 Å². The fraction of sp³-hybridized carbons (Fsp3) is 0.929. The molecule has 0 saturated carbocycles. The fourth-order valence-corrected chi connectivity index (χ4v) is 3.81. The summed E-state index contributed by atoms with van der Waals surface area (Å²) in [6, 6.07) is 2.35. The summed E-state index contributed by atoms with van der Waals surface area (Å²) in [6.07, 6.45) is 7.31. The highest BCUT2D eigenvalue weighted by atomic mass is 28.4. The summed E-state index contributed by atoms with van der Waals surface area (Å²) in [5.74, 6) is 0. The van der Waals surface area contributed by atoms with Crippen molar-refractivity contribution in [2.75, 3.05) is 0 Å². The highest BCUT2D eigenvalue weighted by molar-refractivity contribution is 6.69. The summed E-state index contributed by atoms with van der Waals surface area (Å²) in [7, 11) is -1.58. The van der Waals surface area contributed by atoms with Crippen molar-refractivity contribution in [3.05, 3.63) is 0 Å². The molecule has 0 heterocycles. The van der Waals surface area contributed by atoms with Crippen LogP contribution in [0.1, 0.15) is 58.8 Å². The number of unbranched alkanes of at least 4 members (excludes halogenated alkanes) is 2. The molecule has 17 heavy (non-hydrogen) atoms. The molecule has 0 saturated heterocycles. The molecule has 0 aliphatic carbocycles. The Kier molecular flexibility index (Phi) is 7.74. The molecule has 2 nitrogen and oxygen atoms in total. The first-order chi connectivity index (χ1) is 7.89. The van der Waals surface area contributed by atoms with E-state index in [9.17, 15) is 0 Å². The first-order valence-corrected chi connectivity index (χ1v) is 10.4. The first kappa shape index (κ1) is 16.7. The van der Waals surface area contributed by atoms with Gasteiger partial charge in [-0.2, -0.15) is 5.26 Å². The van der Waals surface area contributed by atoms with Gasteiger partial charge in [0.15, 0.2) is 8.32 Å². The summed E-state index contributed by atoms with van der Waals surface area (Å²) >= 11 is 0. The van der Waals surface area contributed by atoms with Crippen LogP contribution in [0.3, 0.4) is 0 Å². The molecule has 0 aliphatic rings. The van der Waals surface area contributed by atoms with E-state index in [-0.39, 0.29) is 5.60 Å². The van der Waals surface area contributed by atoms with Crippen molar-refractivity contribution in [3.8, 4) is 6.07 Å². The lowest BCUT2D eigenvalue weighted by Crippen LogP contribution is -2.42. The van der Waals surface area contributed by atoms with E-state index in [2.05, 4.69) is 39.6 Å². The maximum Gasteiger partial charge on any atom is 0.184 e. The van der Waals surface area contributed by atoms with Crippen LogP contribution in [0.25, 0.3) is 0 Å². The van der Waals surface area contributed by atoms with Gasteiger partial charge in [-0.3, -0.25) is 0 Å². The lowest BCUT2D eigenvalue weighted by atomic mass is 9.88. The summed E-state index contributed by atoms with van der Waals surface area (Å²) in [4.78, 5) is 0. The Hall–Kier alpha value is -0.333. The van der Waals surface area contributed by atoms with Crippen molar-refractivity contribution in [3.63, 3.8) is 0 Å². The maximum atomic E-state index is 9.08. The molecule has 3 heteroatoms. The highest BCUT2D eigenvalue weighted by Crippen LogP contribution is 2.32. The Morgan fingerprint density at radius 3 is 1.82 bits per heavy atom. The van der Waals surface area contributed by atoms with E-state index >= 15 is 0 Å². The zero-order valence-electron chi connectivity index (χ0n) is 12.3. The van der Waals surface area contributed by atoms with E-state index in [1.54, 1.807) is 0 Å². The van der Waals surface area contributed by atoms with Crippen molar-refractivity contribution < 1.29 is 4.43 Å². The number of nitriles is 1. The Morgan fingerprint density at radius 1 is 1.06 bits per heavy atom. The second kappa shape index (κ2) is 7.89. The average Bonchev–Trinajstić information content (AvgIpc) is 2.22. The van der Waals surface area contributed by atoms with Gasteiger partial charge in [-0.1, -0.05) is 39.5 Å². The third-order valence-corrected chi connectivity index (χ3v) is 3.94. The number of nitrogens with zero attached hydrogens (tertiary/aromatic N) is 1. The predicted molar refractivity (Wildman–Crippen MR) is 76.4 cm³/mol. The van der Waals surface area contributed by atoms with Crippen LogP contribution in [-0.4, -0.2) is 13.9 Å². The number of hydrogen-bond acceptors (Lipinski definition) is 2. The third kappa shape index (κ3) is 7.57. The zero-order valence-corrected chi connectivity index (χ0v) is 13.3. The molecule has 0 radical (unpaired) electrons.